The van der Waals surface area contributed by atoms with Crippen LogP contribution in [0.5, 0.6) is 0 Å². The van der Waals surface area contributed by atoms with Gasteiger partial charge in [-0.2, -0.15) is 0 Å². The van der Waals surface area contributed by atoms with Crippen LogP contribution in [0.15, 0.2) is 30.7 Å². The summed E-state index contributed by atoms with van der Waals surface area (Å²) in [7, 11) is 0. The lowest BCUT2D eigenvalue weighted by Gasteiger charge is -2.12. The Morgan fingerprint density at radius 1 is 1.47 bits per heavy atom. The van der Waals surface area contributed by atoms with Crippen LogP contribution in [0.4, 0.5) is 11.5 Å². The normalized spacial score (nSPS) is 12.1. The number of nitro groups is 1. The Bertz CT molecular complexity index is 511. The SMILES string of the molecule is CC(Nc1cccnc1[N+](=O)[O-])c1ncc[nH]1. The van der Waals surface area contributed by atoms with Crippen molar-refractivity contribution in [3.63, 3.8) is 0 Å². The zero-order chi connectivity index (χ0) is 12.3. The number of imidazole rings is 1. The van der Waals surface area contributed by atoms with Crippen LogP contribution in [0.25, 0.3) is 0 Å². The van der Waals surface area contributed by atoms with Crippen LogP contribution in [0.2, 0.25) is 0 Å². The third-order valence-electron chi connectivity index (χ3n) is 2.26. The van der Waals surface area contributed by atoms with E-state index in [0.29, 0.717) is 11.5 Å². The van der Waals surface area contributed by atoms with Crippen LogP contribution in [-0.2, 0) is 0 Å². The number of pyridine rings is 1. The van der Waals surface area contributed by atoms with E-state index in [1.165, 1.54) is 6.20 Å². The molecule has 2 heterocycles. The van der Waals surface area contributed by atoms with Crippen LogP contribution in [0.1, 0.15) is 18.8 Å². The number of nitrogens with zero attached hydrogens (tertiary/aromatic N) is 3. The molecular formula is C10H11N5O2. The standard InChI is InChI=1S/C10H11N5O2/c1-7(9-11-5-6-12-9)14-8-3-2-4-13-10(8)15(16)17/h2-7,14H,1H3,(H,11,12). The number of hydrogen-bond acceptors (Lipinski definition) is 5. The Hall–Kier alpha value is -2.44. The van der Waals surface area contributed by atoms with Gasteiger partial charge in [0.15, 0.2) is 0 Å². The molecule has 0 fully saturated rings. The number of anilines is 1. The fraction of sp³-hybridized carbons (Fsp3) is 0.200. The smallest absolute Gasteiger partial charge is 0.369 e. The number of aromatic amines is 1. The molecule has 0 bridgehead atoms. The molecule has 0 aliphatic rings. The molecule has 88 valence electrons. The van der Waals surface area contributed by atoms with Gasteiger partial charge in [-0.05, 0) is 29.0 Å². The Labute approximate surface area is 97.1 Å². The van der Waals surface area contributed by atoms with Crippen molar-refractivity contribution in [1.29, 1.82) is 0 Å². The summed E-state index contributed by atoms with van der Waals surface area (Å²) in [6.45, 7) is 1.86. The van der Waals surface area contributed by atoms with Gasteiger partial charge in [0.25, 0.3) is 0 Å². The first kappa shape index (κ1) is 11.1. The fourth-order valence-electron chi connectivity index (χ4n) is 1.47. The molecule has 0 aliphatic heterocycles. The summed E-state index contributed by atoms with van der Waals surface area (Å²) < 4.78 is 0. The third kappa shape index (κ3) is 2.39. The predicted octanol–water partition coefficient (Wildman–Crippen LogP) is 1.89. The second-order valence-corrected chi connectivity index (χ2v) is 3.47. The van der Waals surface area contributed by atoms with Gasteiger partial charge >= 0.3 is 5.82 Å². The second kappa shape index (κ2) is 4.60. The van der Waals surface area contributed by atoms with Crippen LogP contribution >= 0.6 is 0 Å². The molecule has 2 N–H and O–H groups in total. The van der Waals surface area contributed by atoms with E-state index in [0.717, 1.165) is 0 Å². The minimum absolute atomic E-state index is 0.159. The van der Waals surface area contributed by atoms with E-state index in [2.05, 4.69) is 20.3 Å². The topological polar surface area (TPSA) is 96.7 Å². The summed E-state index contributed by atoms with van der Waals surface area (Å²) in [5, 5.41) is 13.8. The van der Waals surface area contributed by atoms with Crippen molar-refractivity contribution in [2.24, 2.45) is 0 Å². The quantitative estimate of drug-likeness (QED) is 0.620. The highest BCUT2D eigenvalue weighted by Crippen LogP contribution is 2.24. The molecular weight excluding hydrogens is 222 g/mol. The molecule has 0 aromatic carbocycles. The van der Waals surface area contributed by atoms with Crippen LogP contribution in [0.3, 0.4) is 0 Å². The van der Waals surface area contributed by atoms with Crippen molar-refractivity contribution in [3.8, 4) is 0 Å². The zero-order valence-electron chi connectivity index (χ0n) is 9.12. The molecule has 1 unspecified atom stereocenters. The van der Waals surface area contributed by atoms with Crippen molar-refractivity contribution in [2.45, 2.75) is 13.0 Å². The molecule has 0 spiro atoms. The molecule has 2 rings (SSSR count). The van der Waals surface area contributed by atoms with E-state index < -0.39 is 4.92 Å². The Kier molecular flexibility index (Phi) is 2.99. The maximum absolute atomic E-state index is 10.8. The highest BCUT2D eigenvalue weighted by molar-refractivity contribution is 5.57. The van der Waals surface area contributed by atoms with Crippen molar-refractivity contribution in [3.05, 3.63) is 46.7 Å². The molecule has 0 radical (unpaired) electrons. The lowest BCUT2D eigenvalue weighted by molar-refractivity contribution is -0.388. The largest absolute Gasteiger partial charge is 0.386 e. The number of rotatable bonds is 4. The van der Waals surface area contributed by atoms with Gasteiger partial charge in [-0.3, -0.25) is 0 Å². The van der Waals surface area contributed by atoms with Crippen molar-refractivity contribution >= 4 is 11.5 Å². The van der Waals surface area contributed by atoms with Gasteiger partial charge in [0, 0.05) is 12.4 Å². The maximum atomic E-state index is 10.8. The average molecular weight is 233 g/mol. The number of aromatic nitrogens is 3. The van der Waals surface area contributed by atoms with Crippen molar-refractivity contribution in [2.75, 3.05) is 5.32 Å². The predicted molar refractivity (Wildman–Crippen MR) is 61.5 cm³/mol. The number of nitrogens with one attached hydrogen (secondary N) is 2. The van der Waals surface area contributed by atoms with Gasteiger partial charge in [0.1, 0.15) is 17.7 Å². The molecule has 0 aliphatic carbocycles. The Morgan fingerprint density at radius 3 is 2.94 bits per heavy atom. The van der Waals surface area contributed by atoms with Gasteiger partial charge < -0.3 is 20.4 Å². The van der Waals surface area contributed by atoms with E-state index in [1.54, 1.807) is 24.5 Å². The Morgan fingerprint density at radius 2 is 2.29 bits per heavy atom. The number of hydrogen-bond donors (Lipinski definition) is 2. The first-order chi connectivity index (χ1) is 8.18. The second-order valence-electron chi connectivity index (χ2n) is 3.47. The molecule has 2 aromatic rings. The van der Waals surface area contributed by atoms with Gasteiger partial charge in [0.2, 0.25) is 0 Å². The van der Waals surface area contributed by atoms with Gasteiger partial charge in [-0.1, -0.05) is 0 Å². The molecule has 7 heteroatoms. The third-order valence-corrected chi connectivity index (χ3v) is 2.26. The molecule has 17 heavy (non-hydrogen) atoms. The van der Waals surface area contributed by atoms with E-state index in [1.807, 2.05) is 6.92 Å². The van der Waals surface area contributed by atoms with Crippen molar-refractivity contribution < 1.29 is 4.92 Å². The minimum Gasteiger partial charge on any atom is -0.369 e. The summed E-state index contributed by atoms with van der Waals surface area (Å²) in [5.74, 6) is 0.522. The van der Waals surface area contributed by atoms with Gasteiger partial charge in [0.05, 0.1) is 6.04 Å². The highest BCUT2D eigenvalue weighted by atomic mass is 16.6. The summed E-state index contributed by atoms with van der Waals surface area (Å²) in [5.41, 5.74) is 0.376. The number of H-pyrrole nitrogens is 1. The van der Waals surface area contributed by atoms with Gasteiger partial charge in [-0.25, -0.2) is 4.98 Å². The summed E-state index contributed by atoms with van der Waals surface area (Å²) in [6, 6.07) is 3.10. The summed E-state index contributed by atoms with van der Waals surface area (Å²) in [4.78, 5) is 21.0. The molecule has 1 atom stereocenters. The van der Waals surface area contributed by atoms with E-state index in [-0.39, 0.29) is 11.9 Å². The van der Waals surface area contributed by atoms with E-state index in [4.69, 9.17) is 0 Å². The Balaban J connectivity index is 2.21. The first-order valence-corrected chi connectivity index (χ1v) is 5.03. The molecule has 0 saturated carbocycles. The van der Waals surface area contributed by atoms with E-state index >= 15 is 0 Å². The average Bonchev–Trinajstić information content (AvgIpc) is 2.83. The first-order valence-electron chi connectivity index (χ1n) is 5.03. The molecule has 7 nitrogen and oxygen atoms in total. The molecule has 2 aromatic heterocycles. The van der Waals surface area contributed by atoms with Crippen LogP contribution in [-0.4, -0.2) is 19.9 Å². The maximum Gasteiger partial charge on any atom is 0.386 e. The summed E-state index contributed by atoms with van der Waals surface area (Å²) >= 11 is 0. The molecule has 0 saturated heterocycles. The lowest BCUT2D eigenvalue weighted by atomic mass is 10.3. The van der Waals surface area contributed by atoms with Crippen LogP contribution < -0.4 is 5.32 Å². The molecule has 0 amide bonds. The fourth-order valence-corrected chi connectivity index (χ4v) is 1.47. The lowest BCUT2D eigenvalue weighted by Crippen LogP contribution is -2.10. The van der Waals surface area contributed by atoms with Crippen molar-refractivity contribution in [1.82, 2.24) is 15.0 Å². The monoisotopic (exact) mass is 233 g/mol. The zero-order valence-corrected chi connectivity index (χ0v) is 9.12. The van der Waals surface area contributed by atoms with E-state index in [9.17, 15) is 10.1 Å². The highest BCUT2D eigenvalue weighted by Gasteiger charge is 2.17. The summed E-state index contributed by atoms with van der Waals surface area (Å²) in [6.07, 6.45) is 4.72. The van der Waals surface area contributed by atoms with Gasteiger partial charge in [-0.15, -0.1) is 0 Å². The minimum atomic E-state index is -0.517. The van der Waals surface area contributed by atoms with Crippen LogP contribution in [0, 0.1) is 10.1 Å².